The fraction of sp³-hybridized carbons (Fsp3) is 1.00. The van der Waals surface area contributed by atoms with Crippen molar-refractivity contribution in [2.24, 2.45) is 0 Å². The minimum Gasteiger partial charge on any atom is 1.00 e. The van der Waals surface area contributed by atoms with E-state index in [1.54, 1.807) is 6.92 Å². The number of hydrogen-bond donors (Lipinski definition) is 0. The van der Waals surface area contributed by atoms with Gasteiger partial charge in [0.05, 0.1) is 0 Å². The Kier molecular flexibility index (Phi) is 16.2. The summed E-state index contributed by atoms with van der Waals surface area (Å²) in [5, 5.41) is -0.155. The van der Waals surface area contributed by atoms with Gasteiger partial charge in [-0.15, -0.1) is 0 Å². The third-order valence-corrected chi connectivity index (χ3v) is 2.58. The molecule has 0 N–H and O–H groups in total. The van der Waals surface area contributed by atoms with Gasteiger partial charge in [0.15, 0.2) is 0 Å². The van der Waals surface area contributed by atoms with Gasteiger partial charge in [-0.3, -0.25) is 0 Å². The molecule has 0 amide bonds. The second kappa shape index (κ2) is 8.38. The largest absolute Gasteiger partial charge is 1.00 e. The van der Waals surface area contributed by atoms with Crippen molar-refractivity contribution in [3.63, 3.8) is 0 Å². The van der Waals surface area contributed by atoms with Crippen molar-refractivity contribution in [3.05, 3.63) is 0 Å². The van der Waals surface area contributed by atoms with Gasteiger partial charge in [0, 0.05) is 0 Å². The van der Waals surface area contributed by atoms with Crippen molar-refractivity contribution < 1.29 is 71.0 Å². The standard InChI is InChI=1S/C3H9AsO3.2Na/c1-2-3-4(5,6)7;;/h2-3H2,1H3,(H2,5,6,7);;/q;2*+1/p-2. The van der Waals surface area contributed by atoms with Crippen molar-refractivity contribution in [1.29, 1.82) is 0 Å². The molecule has 0 aliphatic rings. The van der Waals surface area contributed by atoms with E-state index in [-0.39, 0.29) is 64.3 Å². The summed E-state index contributed by atoms with van der Waals surface area (Å²) < 4.78 is 29.3. The molecular formula is C3H7AsNa2O3. The molecule has 0 aromatic heterocycles. The van der Waals surface area contributed by atoms with Crippen LogP contribution in [0.1, 0.15) is 13.3 Å². The van der Waals surface area contributed by atoms with E-state index < -0.39 is 14.2 Å². The number of hydrogen-bond acceptors (Lipinski definition) is 3. The van der Waals surface area contributed by atoms with Crippen LogP contribution in [0, 0.1) is 0 Å². The summed E-state index contributed by atoms with van der Waals surface area (Å²) in [4.78, 5) is 0. The molecular weight excluding hydrogens is 205 g/mol. The molecule has 44 valence electrons. The Hall–Kier alpha value is 2.28. The van der Waals surface area contributed by atoms with E-state index in [4.69, 9.17) is 0 Å². The monoisotopic (exact) mass is 212 g/mol. The van der Waals surface area contributed by atoms with Crippen LogP contribution in [0.15, 0.2) is 0 Å². The topological polar surface area (TPSA) is 63.2 Å². The maximum atomic E-state index is 9.76. The Morgan fingerprint density at radius 1 is 1.33 bits per heavy atom. The quantitative estimate of drug-likeness (QED) is 0.427. The molecule has 0 heterocycles. The maximum absolute atomic E-state index is 9.76. The van der Waals surface area contributed by atoms with Gasteiger partial charge in [-0.25, -0.2) is 0 Å². The molecule has 0 fully saturated rings. The van der Waals surface area contributed by atoms with Crippen molar-refractivity contribution in [2.75, 3.05) is 0 Å². The van der Waals surface area contributed by atoms with Gasteiger partial charge in [-0.05, 0) is 0 Å². The summed E-state index contributed by atoms with van der Waals surface area (Å²) in [6, 6.07) is 0. The Balaban J connectivity index is -0.000000180. The van der Waals surface area contributed by atoms with Gasteiger partial charge in [0.25, 0.3) is 0 Å². The zero-order valence-corrected chi connectivity index (χ0v) is 12.0. The van der Waals surface area contributed by atoms with E-state index in [1.165, 1.54) is 0 Å². The van der Waals surface area contributed by atoms with Gasteiger partial charge >= 0.3 is 104 Å². The van der Waals surface area contributed by atoms with Gasteiger partial charge < -0.3 is 0 Å². The first-order valence-electron chi connectivity index (χ1n) is 2.07. The van der Waals surface area contributed by atoms with Crippen molar-refractivity contribution in [1.82, 2.24) is 0 Å². The molecule has 9 heavy (non-hydrogen) atoms. The van der Waals surface area contributed by atoms with Gasteiger partial charge in [-0.2, -0.15) is 0 Å². The van der Waals surface area contributed by atoms with Crippen LogP contribution >= 0.6 is 0 Å². The van der Waals surface area contributed by atoms with E-state index in [9.17, 15) is 11.9 Å². The fourth-order valence-electron chi connectivity index (χ4n) is 0.274. The first-order valence-corrected chi connectivity index (χ1v) is 5.70. The molecule has 0 saturated carbocycles. The first-order chi connectivity index (χ1) is 3.06. The van der Waals surface area contributed by atoms with Crippen LogP contribution in [0.2, 0.25) is 5.21 Å². The molecule has 0 saturated heterocycles. The minimum atomic E-state index is -4.69. The van der Waals surface area contributed by atoms with E-state index in [1.807, 2.05) is 0 Å². The molecule has 0 aliphatic carbocycles. The van der Waals surface area contributed by atoms with E-state index in [0.29, 0.717) is 6.42 Å². The SMILES string of the molecule is CCC[As](=O)([O-])[O-].[Na+].[Na+]. The molecule has 0 atom stereocenters. The van der Waals surface area contributed by atoms with Crippen LogP contribution in [0.3, 0.4) is 0 Å². The van der Waals surface area contributed by atoms with Crippen LogP contribution in [-0.2, 0) is 3.74 Å². The maximum Gasteiger partial charge on any atom is 1.00 e. The summed E-state index contributed by atoms with van der Waals surface area (Å²) in [5.41, 5.74) is 0. The Labute approximate surface area is 102 Å². The molecule has 6 heteroatoms. The molecule has 0 rings (SSSR count). The van der Waals surface area contributed by atoms with Crippen LogP contribution in [0.5, 0.6) is 0 Å². The zero-order valence-electron chi connectivity index (χ0n) is 6.09. The summed E-state index contributed by atoms with van der Waals surface area (Å²) in [5.74, 6) is 0. The third-order valence-electron chi connectivity index (χ3n) is 0.497. The summed E-state index contributed by atoms with van der Waals surface area (Å²) in [6.45, 7) is 1.67. The minimum absolute atomic E-state index is 0. The average molecular weight is 212 g/mol. The molecule has 0 aromatic rings. The Bertz CT molecular complexity index is 91.1. The predicted molar refractivity (Wildman–Crippen MR) is 21.5 cm³/mol. The van der Waals surface area contributed by atoms with Crippen LogP contribution in [0.25, 0.3) is 0 Å². The second-order valence-corrected chi connectivity index (χ2v) is 4.84. The van der Waals surface area contributed by atoms with E-state index in [0.717, 1.165) is 0 Å². The first kappa shape index (κ1) is 17.4. The third kappa shape index (κ3) is 17.9. The van der Waals surface area contributed by atoms with Crippen molar-refractivity contribution in [3.8, 4) is 0 Å². The smallest absolute Gasteiger partial charge is 1.00 e. The molecule has 0 aromatic carbocycles. The molecule has 0 spiro atoms. The van der Waals surface area contributed by atoms with Crippen LogP contribution in [0.4, 0.5) is 0 Å². The summed E-state index contributed by atoms with van der Waals surface area (Å²) >= 11 is -4.69. The fourth-order valence-corrected chi connectivity index (χ4v) is 1.42. The van der Waals surface area contributed by atoms with Crippen molar-refractivity contribution >= 4 is 14.2 Å². The molecule has 0 aliphatic heterocycles. The van der Waals surface area contributed by atoms with Crippen LogP contribution < -0.4 is 67.3 Å². The zero-order chi connectivity index (χ0) is 5.91. The second-order valence-electron chi connectivity index (χ2n) is 1.33. The molecule has 3 nitrogen and oxygen atoms in total. The Morgan fingerprint density at radius 2 is 1.67 bits per heavy atom. The summed E-state index contributed by atoms with van der Waals surface area (Å²) in [6.07, 6.45) is 0.448. The normalized spacial score (nSPS) is 9.22. The Morgan fingerprint density at radius 3 is 1.67 bits per heavy atom. The van der Waals surface area contributed by atoms with Gasteiger partial charge in [-0.1, -0.05) is 0 Å². The van der Waals surface area contributed by atoms with Gasteiger partial charge in [0.1, 0.15) is 0 Å². The molecule has 0 bridgehead atoms. The number of rotatable bonds is 2. The average Bonchev–Trinajstić information content (AvgIpc) is 1.30. The van der Waals surface area contributed by atoms with E-state index >= 15 is 0 Å². The van der Waals surface area contributed by atoms with E-state index in [2.05, 4.69) is 0 Å². The predicted octanol–water partition coefficient (Wildman–Crippen LogP) is -7.51. The van der Waals surface area contributed by atoms with Crippen LogP contribution in [-0.4, -0.2) is 14.2 Å². The molecule has 0 radical (unpaired) electrons. The van der Waals surface area contributed by atoms with Gasteiger partial charge in [0.2, 0.25) is 0 Å². The van der Waals surface area contributed by atoms with Crippen molar-refractivity contribution in [2.45, 2.75) is 18.6 Å². The molecule has 0 unspecified atom stereocenters. The summed E-state index contributed by atoms with van der Waals surface area (Å²) in [7, 11) is 0.